The van der Waals surface area contributed by atoms with E-state index in [-0.39, 0.29) is 11.4 Å². The van der Waals surface area contributed by atoms with E-state index in [0.29, 0.717) is 29.4 Å². The lowest BCUT2D eigenvalue weighted by Gasteiger charge is -2.08. The summed E-state index contributed by atoms with van der Waals surface area (Å²) in [5.41, 5.74) is 8.72. The lowest BCUT2D eigenvalue weighted by Crippen LogP contribution is -2.17. The molecule has 3 N–H and O–H groups in total. The number of benzene rings is 1. The molecular formula is C18H20N4O2. The highest BCUT2D eigenvalue weighted by Gasteiger charge is 2.27. The number of rotatable bonds is 3. The van der Waals surface area contributed by atoms with Crippen molar-refractivity contribution < 1.29 is 9.53 Å². The van der Waals surface area contributed by atoms with Gasteiger partial charge < -0.3 is 15.8 Å². The first kappa shape index (κ1) is 16.0. The van der Waals surface area contributed by atoms with Gasteiger partial charge >= 0.3 is 0 Å². The summed E-state index contributed by atoms with van der Waals surface area (Å²) in [6.07, 6.45) is 1.58. The first-order valence-electron chi connectivity index (χ1n) is 7.71. The Kier molecular flexibility index (Phi) is 3.97. The van der Waals surface area contributed by atoms with Crippen molar-refractivity contribution in [1.29, 1.82) is 0 Å². The summed E-state index contributed by atoms with van der Waals surface area (Å²) in [4.78, 5) is 21.1. The lowest BCUT2D eigenvalue weighted by atomic mass is 10.1. The van der Waals surface area contributed by atoms with E-state index in [1.165, 1.54) is 0 Å². The van der Waals surface area contributed by atoms with E-state index in [2.05, 4.69) is 15.3 Å². The number of nitrogens with zero attached hydrogens (tertiary/aromatic N) is 2. The Balaban J connectivity index is 1.81. The monoisotopic (exact) mass is 324 g/mol. The molecule has 0 spiro atoms. The second kappa shape index (κ2) is 5.96. The zero-order valence-corrected chi connectivity index (χ0v) is 14.0. The minimum Gasteiger partial charge on any atom is -0.475 e. The molecule has 0 unspecified atom stereocenters. The van der Waals surface area contributed by atoms with E-state index in [1.807, 2.05) is 32.9 Å². The number of aromatic nitrogens is 1. The number of ether oxygens (including phenoxy) is 1. The number of nitrogens with one attached hydrogen (secondary N) is 1. The number of carbonyl (C=O) groups excluding carboxylic acids is 1. The van der Waals surface area contributed by atoms with Crippen LogP contribution >= 0.6 is 0 Å². The van der Waals surface area contributed by atoms with Crippen molar-refractivity contribution >= 4 is 23.2 Å². The molecule has 2 heterocycles. The predicted octanol–water partition coefficient (Wildman–Crippen LogP) is 2.78. The Morgan fingerprint density at radius 2 is 2.12 bits per heavy atom. The number of nitrogens with two attached hydrogens (primary N) is 1. The van der Waals surface area contributed by atoms with E-state index < -0.39 is 0 Å². The third-order valence-corrected chi connectivity index (χ3v) is 3.72. The van der Waals surface area contributed by atoms with E-state index in [9.17, 15) is 4.79 Å². The van der Waals surface area contributed by atoms with Crippen molar-refractivity contribution in [2.24, 2.45) is 4.99 Å². The summed E-state index contributed by atoms with van der Waals surface area (Å²) in [5, 5.41) is 2.80. The van der Waals surface area contributed by atoms with Gasteiger partial charge in [0.2, 0.25) is 5.90 Å². The van der Waals surface area contributed by atoms with Crippen molar-refractivity contribution in [3.63, 3.8) is 0 Å². The third-order valence-electron chi connectivity index (χ3n) is 3.72. The number of carbonyl (C=O) groups is 1. The van der Waals surface area contributed by atoms with Gasteiger partial charge in [0.25, 0.3) is 5.91 Å². The molecule has 0 fully saturated rings. The maximum atomic E-state index is 12.4. The molecule has 0 saturated heterocycles. The molecule has 24 heavy (non-hydrogen) atoms. The number of anilines is 2. The van der Waals surface area contributed by atoms with Gasteiger partial charge in [0.1, 0.15) is 6.61 Å². The summed E-state index contributed by atoms with van der Waals surface area (Å²) in [6.45, 7) is 6.36. The number of hydrogen-bond acceptors (Lipinski definition) is 5. The molecule has 6 heteroatoms. The van der Waals surface area contributed by atoms with Crippen LogP contribution in [-0.2, 0) is 4.74 Å². The molecule has 1 amide bonds. The zero-order valence-electron chi connectivity index (χ0n) is 14.0. The van der Waals surface area contributed by atoms with Gasteiger partial charge in [-0.1, -0.05) is 6.07 Å². The van der Waals surface area contributed by atoms with Crippen molar-refractivity contribution in [3.05, 3.63) is 53.3 Å². The quantitative estimate of drug-likeness (QED) is 0.908. The number of nitrogen functional groups attached to an aromatic ring is 1. The molecule has 1 aromatic carbocycles. The molecule has 1 aliphatic rings. The van der Waals surface area contributed by atoms with Gasteiger partial charge in [-0.05, 0) is 45.0 Å². The SMILES string of the molecule is Cc1ncc(NC(=O)c2cccc(C3=NC(C)(C)CO3)c2)cc1N. The van der Waals surface area contributed by atoms with Crippen LogP contribution < -0.4 is 11.1 Å². The van der Waals surface area contributed by atoms with Crippen molar-refractivity contribution in [2.45, 2.75) is 26.3 Å². The summed E-state index contributed by atoms with van der Waals surface area (Å²) in [5.74, 6) is 0.329. The lowest BCUT2D eigenvalue weighted by molar-refractivity contribution is 0.102. The Morgan fingerprint density at radius 3 is 2.79 bits per heavy atom. The standard InChI is InChI=1S/C18H20N4O2/c1-11-15(19)8-14(9-20-11)21-16(23)12-5-4-6-13(7-12)17-22-18(2,3)10-24-17/h4-9H,10,19H2,1-3H3,(H,21,23). The Bertz CT molecular complexity index is 828. The Morgan fingerprint density at radius 1 is 1.33 bits per heavy atom. The molecule has 0 atom stereocenters. The van der Waals surface area contributed by atoms with Gasteiger partial charge in [0.15, 0.2) is 0 Å². The fourth-order valence-electron chi connectivity index (χ4n) is 2.35. The highest BCUT2D eigenvalue weighted by Crippen LogP contribution is 2.21. The van der Waals surface area contributed by atoms with Gasteiger partial charge in [-0.3, -0.25) is 9.78 Å². The summed E-state index contributed by atoms with van der Waals surface area (Å²) in [6, 6.07) is 8.88. The Labute approximate surface area is 140 Å². The molecule has 0 aliphatic carbocycles. The number of amides is 1. The van der Waals surface area contributed by atoms with E-state index >= 15 is 0 Å². The molecule has 2 aromatic rings. The number of aliphatic imine (C=N–C) groups is 1. The van der Waals surface area contributed by atoms with Gasteiger partial charge in [0.05, 0.1) is 28.8 Å². The molecule has 3 rings (SSSR count). The van der Waals surface area contributed by atoms with Crippen LogP contribution in [0, 0.1) is 6.92 Å². The molecule has 0 bridgehead atoms. The maximum absolute atomic E-state index is 12.4. The van der Waals surface area contributed by atoms with Crippen LogP contribution in [0.2, 0.25) is 0 Å². The van der Waals surface area contributed by atoms with Crippen molar-refractivity contribution in [3.8, 4) is 0 Å². The highest BCUT2D eigenvalue weighted by atomic mass is 16.5. The molecule has 1 aromatic heterocycles. The summed E-state index contributed by atoms with van der Waals surface area (Å²) in [7, 11) is 0. The van der Waals surface area contributed by atoms with Gasteiger partial charge in [-0.25, -0.2) is 4.99 Å². The largest absolute Gasteiger partial charge is 0.475 e. The first-order valence-corrected chi connectivity index (χ1v) is 7.71. The fraction of sp³-hybridized carbons (Fsp3) is 0.278. The normalized spacial score (nSPS) is 15.5. The number of hydrogen-bond donors (Lipinski definition) is 2. The summed E-state index contributed by atoms with van der Waals surface area (Å²) >= 11 is 0. The van der Waals surface area contributed by atoms with Gasteiger partial charge in [-0.2, -0.15) is 0 Å². The van der Waals surface area contributed by atoms with Crippen molar-refractivity contribution in [1.82, 2.24) is 4.98 Å². The van der Waals surface area contributed by atoms with E-state index in [1.54, 1.807) is 24.4 Å². The van der Waals surface area contributed by atoms with Crippen LogP contribution in [0.25, 0.3) is 0 Å². The number of pyridine rings is 1. The van der Waals surface area contributed by atoms with Gasteiger partial charge in [-0.15, -0.1) is 0 Å². The third kappa shape index (κ3) is 3.37. The molecule has 124 valence electrons. The van der Waals surface area contributed by atoms with Crippen LogP contribution in [0.4, 0.5) is 11.4 Å². The molecule has 6 nitrogen and oxygen atoms in total. The maximum Gasteiger partial charge on any atom is 0.255 e. The summed E-state index contributed by atoms with van der Waals surface area (Å²) < 4.78 is 5.63. The molecule has 1 aliphatic heterocycles. The van der Waals surface area contributed by atoms with E-state index in [0.717, 1.165) is 11.3 Å². The molecular weight excluding hydrogens is 304 g/mol. The first-order chi connectivity index (χ1) is 11.3. The highest BCUT2D eigenvalue weighted by molar-refractivity contribution is 6.06. The minimum absolute atomic E-state index is 0.236. The molecule has 0 saturated carbocycles. The van der Waals surface area contributed by atoms with Crippen molar-refractivity contribution in [2.75, 3.05) is 17.7 Å². The Hall–Kier alpha value is -2.89. The van der Waals surface area contributed by atoms with Crippen LogP contribution in [-0.4, -0.2) is 28.9 Å². The second-order valence-electron chi connectivity index (χ2n) is 6.45. The van der Waals surface area contributed by atoms with Crippen LogP contribution in [0.5, 0.6) is 0 Å². The van der Waals surface area contributed by atoms with Crippen LogP contribution in [0.3, 0.4) is 0 Å². The average molecular weight is 324 g/mol. The van der Waals surface area contributed by atoms with Gasteiger partial charge in [0, 0.05) is 11.1 Å². The molecule has 0 radical (unpaired) electrons. The minimum atomic E-state index is -0.237. The second-order valence-corrected chi connectivity index (χ2v) is 6.45. The zero-order chi connectivity index (χ0) is 17.3. The predicted molar refractivity (Wildman–Crippen MR) is 94.3 cm³/mol. The van der Waals surface area contributed by atoms with Crippen LogP contribution in [0.1, 0.15) is 35.5 Å². The topological polar surface area (TPSA) is 89.6 Å². The average Bonchev–Trinajstić information content (AvgIpc) is 2.91. The number of aryl methyl sites for hydroxylation is 1. The van der Waals surface area contributed by atoms with Crippen LogP contribution in [0.15, 0.2) is 41.5 Å². The fourth-order valence-corrected chi connectivity index (χ4v) is 2.35. The smallest absolute Gasteiger partial charge is 0.255 e. The van der Waals surface area contributed by atoms with E-state index in [4.69, 9.17) is 10.5 Å².